The molecule has 1 aromatic carbocycles. The van der Waals surface area contributed by atoms with Gasteiger partial charge in [-0.05, 0) is 35.7 Å². The minimum atomic E-state index is 0. The summed E-state index contributed by atoms with van der Waals surface area (Å²) in [6, 6.07) is 12.1. The van der Waals surface area contributed by atoms with Crippen LogP contribution >= 0.6 is 12.4 Å². The van der Waals surface area contributed by atoms with E-state index in [2.05, 4.69) is 33.5 Å². The van der Waals surface area contributed by atoms with Crippen LogP contribution in [-0.4, -0.2) is 48.6 Å². The lowest BCUT2D eigenvalue weighted by Crippen LogP contribution is -2.49. The molecule has 1 aromatic heterocycles. The predicted octanol–water partition coefficient (Wildman–Crippen LogP) is 2.55. The minimum Gasteiger partial charge on any atom is -0.494 e. The maximum Gasteiger partial charge on any atom is 0.234 e. The number of hydrogen-bond acceptors (Lipinski definition) is 5. The molecular formula is C21H29ClN4O2. The molecule has 28 heavy (non-hydrogen) atoms. The Bertz CT molecular complexity index is 712. The summed E-state index contributed by atoms with van der Waals surface area (Å²) >= 11 is 0. The Morgan fingerprint density at radius 1 is 1.32 bits per heavy atom. The van der Waals surface area contributed by atoms with E-state index >= 15 is 0 Å². The lowest BCUT2D eigenvalue weighted by molar-refractivity contribution is -0.123. The summed E-state index contributed by atoms with van der Waals surface area (Å²) in [6.45, 7) is 6.29. The molecule has 1 amide bonds. The molecule has 1 saturated heterocycles. The van der Waals surface area contributed by atoms with Crippen molar-refractivity contribution < 1.29 is 9.53 Å². The van der Waals surface area contributed by atoms with Crippen LogP contribution in [0.5, 0.6) is 5.75 Å². The SMILES string of the molecule is CCCOc1ccc(CNC(=O)CN2CCNCC2c2cccnc2)cc1.Cl. The Morgan fingerprint density at radius 2 is 2.14 bits per heavy atom. The highest BCUT2D eigenvalue weighted by Crippen LogP contribution is 2.20. The number of amides is 1. The molecule has 1 aliphatic rings. The summed E-state index contributed by atoms with van der Waals surface area (Å²) in [6.07, 6.45) is 4.64. The van der Waals surface area contributed by atoms with Crippen LogP contribution in [0.15, 0.2) is 48.8 Å². The van der Waals surface area contributed by atoms with Crippen molar-refractivity contribution in [1.29, 1.82) is 0 Å². The average Bonchev–Trinajstić information content (AvgIpc) is 2.72. The Hall–Kier alpha value is -2.15. The molecule has 1 fully saturated rings. The van der Waals surface area contributed by atoms with Gasteiger partial charge in [-0.1, -0.05) is 25.1 Å². The lowest BCUT2D eigenvalue weighted by atomic mass is 10.1. The van der Waals surface area contributed by atoms with Gasteiger partial charge in [0.2, 0.25) is 5.91 Å². The molecule has 1 aliphatic heterocycles. The third-order valence-electron chi connectivity index (χ3n) is 4.66. The maximum absolute atomic E-state index is 12.5. The number of pyridine rings is 1. The van der Waals surface area contributed by atoms with Crippen LogP contribution in [0.4, 0.5) is 0 Å². The quantitative estimate of drug-likeness (QED) is 0.707. The monoisotopic (exact) mass is 404 g/mol. The van der Waals surface area contributed by atoms with E-state index in [1.54, 1.807) is 6.20 Å². The van der Waals surface area contributed by atoms with E-state index < -0.39 is 0 Å². The fraction of sp³-hybridized carbons (Fsp3) is 0.429. The van der Waals surface area contributed by atoms with Crippen molar-refractivity contribution >= 4 is 18.3 Å². The molecule has 0 bridgehead atoms. The van der Waals surface area contributed by atoms with Gasteiger partial charge in [0.15, 0.2) is 0 Å². The first-order valence-electron chi connectivity index (χ1n) is 9.59. The second kappa shape index (κ2) is 11.6. The standard InChI is InChI=1S/C21H28N4O2.ClH/c1-2-12-27-19-7-5-17(6-8-19)13-24-21(26)16-25-11-10-23-15-20(25)18-4-3-9-22-14-18;/h3-9,14,20,23H,2,10-13,15-16H2,1H3,(H,24,26);1H. The Morgan fingerprint density at radius 3 is 2.86 bits per heavy atom. The summed E-state index contributed by atoms with van der Waals surface area (Å²) in [4.78, 5) is 18.9. The molecular weight excluding hydrogens is 376 g/mol. The van der Waals surface area contributed by atoms with Gasteiger partial charge in [0.05, 0.1) is 13.2 Å². The fourth-order valence-corrected chi connectivity index (χ4v) is 3.20. The molecule has 1 atom stereocenters. The van der Waals surface area contributed by atoms with E-state index in [0.29, 0.717) is 13.1 Å². The molecule has 0 aliphatic carbocycles. The van der Waals surface area contributed by atoms with Crippen molar-refractivity contribution in [2.75, 3.05) is 32.8 Å². The molecule has 7 heteroatoms. The van der Waals surface area contributed by atoms with Crippen molar-refractivity contribution in [1.82, 2.24) is 20.5 Å². The Kier molecular flexibility index (Phi) is 9.20. The van der Waals surface area contributed by atoms with Gasteiger partial charge >= 0.3 is 0 Å². The van der Waals surface area contributed by atoms with Crippen molar-refractivity contribution in [3.05, 3.63) is 59.9 Å². The number of benzene rings is 1. The lowest BCUT2D eigenvalue weighted by Gasteiger charge is -2.35. The third-order valence-corrected chi connectivity index (χ3v) is 4.66. The number of nitrogens with one attached hydrogen (secondary N) is 2. The summed E-state index contributed by atoms with van der Waals surface area (Å²) < 4.78 is 5.59. The third kappa shape index (κ3) is 6.48. The van der Waals surface area contributed by atoms with Gasteiger partial charge in [-0.25, -0.2) is 0 Å². The Balaban J connectivity index is 0.00000280. The largest absolute Gasteiger partial charge is 0.494 e. The molecule has 6 nitrogen and oxygen atoms in total. The van der Waals surface area contributed by atoms with E-state index in [0.717, 1.165) is 49.5 Å². The van der Waals surface area contributed by atoms with E-state index in [-0.39, 0.29) is 24.4 Å². The van der Waals surface area contributed by atoms with Crippen LogP contribution in [0.1, 0.15) is 30.5 Å². The number of piperazine rings is 1. The normalized spacial score (nSPS) is 16.8. The number of carbonyl (C=O) groups excluding carboxylic acids is 1. The number of nitrogens with zero attached hydrogens (tertiary/aromatic N) is 2. The smallest absolute Gasteiger partial charge is 0.234 e. The van der Waals surface area contributed by atoms with Crippen molar-refractivity contribution in [3.8, 4) is 5.75 Å². The van der Waals surface area contributed by atoms with Crippen LogP contribution in [-0.2, 0) is 11.3 Å². The number of aromatic nitrogens is 1. The molecule has 3 rings (SSSR count). The topological polar surface area (TPSA) is 66.5 Å². The van der Waals surface area contributed by atoms with Gasteiger partial charge in [-0.2, -0.15) is 0 Å². The van der Waals surface area contributed by atoms with E-state index in [1.807, 2.05) is 36.5 Å². The summed E-state index contributed by atoms with van der Waals surface area (Å²) in [5, 5.41) is 6.42. The minimum absolute atomic E-state index is 0. The maximum atomic E-state index is 12.5. The van der Waals surface area contributed by atoms with Gasteiger partial charge < -0.3 is 15.4 Å². The van der Waals surface area contributed by atoms with Crippen molar-refractivity contribution in [2.24, 2.45) is 0 Å². The van der Waals surface area contributed by atoms with Crippen molar-refractivity contribution in [3.63, 3.8) is 0 Å². The summed E-state index contributed by atoms with van der Waals surface area (Å²) in [5.74, 6) is 0.907. The molecule has 152 valence electrons. The van der Waals surface area contributed by atoms with E-state index in [9.17, 15) is 4.79 Å². The fourth-order valence-electron chi connectivity index (χ4n) is 3.20. The Labute approximate surface area is 173 Å². The zero-order valence-electron chi connectivity index (χ0n) is 16.3. The molecule has 2 N–H and O–H groups in total. The van der Waals surface area contributed by atoms with E-state index in [4.69, 9.17) is 4.74 Å². The zero-order valence-corrected chi connectivity index (χ0v) is 17.1. The second-order valence-electron chi connectivity index (χ2n) is 6.75. The van der Waals surface area contributed by atoms with Gasteiger partial charge in [-0.15, -0.1) is 12.4 Å². The predicted molar refractivity (Wildman–Crippen MR) is 113 cm³/mol. The average molecular weight is 405 g/mol. The highest BCUT2D eigenvalue weighted by Gasteiger charge is 2.25. The molecule has 2 aromatic rings. The van der Waals surface area contributed by atoms with Crippen LogP contribution in [0.3, 0.4) is 0 Å². The summed E-state index contributed by atoms with van der Waals surface area (Å²) in [7, 11) is 0. The van der Waals surface area contributed by atoms with Gasteiger partial charge in [0.1, 0.15) is 5.75 Å². The van der Waals surface area contributed by atoms with Crippen LogP contribution in [0.25, 0.3) is 0 Å². The number of carbonyl (C=O) groups is 1. The second-order valence-corrected chi connectivity index (χ2v) is 6.75. The van der Waals surface area contributed by atoms with Gasteiger partial charge in [0.25, 0.3) is 0 Å². The first-order chi connectivity index (χ1) is 13.3. The van der Waals surface area contributed by atoms with Crippen LogP contribution < -0.4 is 15.4 Å². The highest BCUT2D eigenvalue weighted by molar-refractivity contribution is 5.85. The van der Waals surface area contributed by atoms with Crippen LogP contribution in [0, 0.1) is 0 Å². The molecule has 0 saturated carbocycles. The first-order valence-corrected chi connectivity index (χ1v) is 9.59. The zero-order chi connectivity index (χ0) is 18.9. The summed E-state index contributed by atoms with van der Waals surface area (Å²) in [5.41, 5.74) is 2.21. The number of halogens is 1. The molecule has 2 heterocycles. The van der Waals surface area contributed by atoms with E-state index in [1.165, 1.54) is 0 Å². The molecule has 0 radical (unpaired) electrons. The highest BCUT2D eigenvalue weighted by atomic mass is 35.5. The number of ether oxygens (including phenoxy) is 1. The number of rotatable bonds is 8. The molecule has 1 unspecified atom stereocenters. The molecule has 0 spiro atoms. The van der Waals surface area contributed by atoms with Gasteiger partial charge in [-0.3, -0.25) is 14.7 Å². The van der Waals surface area contributed by atoms with Crippen LogP contribution in [0.2, 0.25) is 0 Å². The first kappa shape index (κ1) is 22.1. The van der Waals surface area contributed by atoms with Gasteiger partial charge in [0, 0.05) is 44.6 Å². The van der Waals surface area contributed by atoms with Crippen molar-refractivity contribution in [2.45, 2.75) is 25.9 Å². The number of hydrogen-bond donors (Lipinski definition) is 2.